The van der Waals surface area contributed by atoms with E-state index in [1.807, 2.05) is 6.92 Å². The van der Waals surface area contributed by atoms with Gasteiger partial charge in [-0.3, -0.25) is 91.1 Å². The molecule has 0 aromatic heterocycles. The van der Waals surface area contributed by atoms with Crippen LogP contribution in [0.25, 0.3) is 0 Å². The molecule has 2 saturated heterocycles. The molecule has 18 atom stereocenters. The van der Waals surface area contributed by atoms with E-state index >= 15 is 0 Å². The molecule has 46 nitrogen and oxygen atoms in total. The number of nitrogens with one attached hydrogen (secondary N) is 17. The van der Waals surface area contributed by atoms with Gasteiger partial charge in [0.1, 0.15) is 114 Å². The van der Waals surface area contributed by atoms with E-state index in [9.17, 15) is 116 Å². The summed E-state index contributed by atoms with van der Waals surface area (Å²) in [7, 11) is 0. The topological polar surface area (TPSA) is 717 Å². The largest absolute Gasteiger partial charge is 0.458 e. The fourth-order valence-corrected chi connectivity index (χ4v) is 15.4. The first kappa shape index (κ1) is 125. The van der Waals surface area contributed by atoms with Gasteiger partial charge in [-0.15, -0.1) is 0 Å². The zero-order valence-electron chi connectivity index (χ0n) is 85.2. The number of nitrogens with two attached hydrogens (primary N) is 3. The predicted octanol–water partition coefficient (Wildman–Crippen LogP) is -3.52. The summed E-state index contributed by atoms with van der Waals surface area (Å²) in [6.45, 7) is 29.8. The second kappa shape index (κ2) is 63.4. The van der Waals surface area contributed by atoms with Crippen molar-refractivity contribution in [2.24, 2.45) is 64.5 Å². The lowest BCUT2D eigenvalue weighted by Gasteiger charge is -2.31. The van der Waals surface area contributed by atoms with Gasteiger partial charge < -0.3 is 138 Å². The number of esters is 1. The number of nitrogens with zero attached hydrogens (tertiary/aromatic N) is 1. The van der Waals surface area contributed by atoms with Crippen LogP contribution >= 0.6 is 0 Å². The molecule has 0 saturated carbocycles. The van der Waals surface area contributed by atoms with E-state index < -0.39 is 289 Å². The van der Waals surface area contributed by atoms with Crippen molar-refractivity contribution < 1.29 is 121 Å². The van der Waals surface area contributed by atoms with Crippen molar-refractivity contribution >= 4 is 118 Å². The molecule has 0 aromatic carbocycles. The number of allylic oxidation sites excluding steroid dienone is 2. The minimum Gasteiger partial charge on any atom is -0.458 e. The van der Waals surface area contributed by atoms with Crippen LogP contribution in [0.2, 0.25) is 0 Å². The van der Waals surface area contributed by atoms with E-state index in [0.717, 1.165) is 18.9 Å². The second-order valence-corrected chi connectivity index (χ2v) is 38.8. The Morgan fingerprint density at radius 3 is 1.30 bits per heavy atom. The fourth-order valence-electron chi connectivity index (χ4n) is 15.4. The standard InChI is InChI=1S/C94H163N21O25/c1-21-24-25-29-56(119)44-71(121)98-58(23-3)93(138)115-38-28-31-69(115)87(132)108-67(45-117)85(130)105-65(42-49(8)9)83(128)111-73(52(14)15)90(135)109-68(46-118)86(131)106-66(43-50(10)11)84(129)112-75(54(18)19)91(136)113-74(53(16)17)89(134)102-59(32-33-70(97)120)78(123)104-64(41-48(6)7)82(127)110-72(51(12)13)88(133)99-57(22-2)77(122)114-76-55(20)140-94(139)62(30-26-27-36-95)103-79(124)60(34-37-96)100-80(125)61(35-39-116)101-81(126)63(40-47(4)5)107-92(76)137/h22-23,47-56,59-69,72-76,116-119H,21,24-46,95-96H2,1-20H3,(H2,97,120)(H,98,121)(H,99,133)(H,100,125)(H,101,126)(H,102,134)(H,103,124)(H,104,123)(H,105,130)(H,106,131)(H,107,137)(H,108,132)(H,109,135)(H,110,127)(H,111,128)(H,112,129)(H,113,136)(H,114,122)/b57-22-,58-23-/t55-,56?,59-,60-,61+,62+,63+,64+,65-,66-,67-,68-,69+,72-,73-,74-,75-,76-/m1/s1. The molecule has 0 spiro atoms. The maximum Gasteiger partial charge on any atom is 0.328 e. The van der Waals surface area contributed by atoms with Gasteiger partial charge in [0.25, 0.3) is 11.8 Å². The lowest BCUT2D eigenvalue weighted by atomic mass is 9.97. The molecule has 2 rings (SSSR count). The van der Waals surface area contributed by atoms with Crippen LogP contribution < -0.4 is 108 Å². The van der Waals surface area contributed by atoms with Gasteiger partial charge in [0.2, 0.25) is 100 Å². The summed E-state index contributed by atoms with van der Waals surface area (Å²) in [4.78, 5) is 284. The van der Waals surface area contributed by atoms with E-state index in [-0.39, 0.29) is 113 Å². The molecule has 0 aliphatic carbocycles. The summed E-state index contributed by atoms with van der Waals surface area (Å²) in [5.74, 6) is -23.3. The minimum absolute atomic E-state index is 0.0437. The number of aliphatic hydroxyl groups excluding tert-OH is 4. The van der Waals surface area contributed by atoms with E-state index in [0.29, 0.717) is 25.7 Å². The highest BCUT2D eigenvalue weighted by atomic mass is 16.5. The van der Waals surface area contributed by atoms with E-state index in [1.54, 1.807) is 111 Å². The number of cyclic esters (lactones) is 1. The molecule has 19 amide bonds. The van der Waals surface area contributed by atoms with Gasteiger partial charge in [-0.05, 0) is 165 Å². The fraction of sp³-hybridized carbons (Fsp3) is 0.745. The summed E-state index contributed by atoms with van der Waals surface area (Å²) >= 11 is 0. The van der Waals surface area contributed by atoms with Crippen molar-refractivity contribution in [1.82, 2.24) is 95.3 Å². The predicted molar refractivity (Wildman–Crippen MR) is 516 cm³/mol. The van der Waals surface area contributed by atoms with Gasteiger partial charge in [0.15, 0.2) is 0 Å². The van der Waals surface area contributed by atoms with Crippen molar-refractivity contribution in [3.8, 4) is 0 Å². The highest BCUT2D eigenvalue weighted by molar-refractivity contribution is 6.05. The lowest BCUT2D eigenvalue weighted by molar-refractivity contribution is -0.156. The highest BCUT2D eigenvalue weighted by Crippen LogP contribution is 2.23. The van der Waals surface area contributed by atoms with Crippen LogP contribution in [0.5, 0.6) is 0 Å². The normalized spacial score (nSPS) is 19.9. The Kier molecular flexibility index (Phi) is 56.5. The summed E-state index contributed by atoms with van der Waals surface area (Å²) < 4.78 is 5.83. The Hall–Kier alpha value is -11.4. The molecule has 794 valence electrons. The first-order valence-corrected chi connectivity index (χ1v) is 48.9. The molecule has 2 heterocycles. The summed E-state index contributed by atoms with van der Waals surface area (Å²) in [5.41, 5.74) is 16.5. The molecule has 46 heteroatoms. The van der Waals surface area contributed by atoms with E-state index in [1.165, 1.54) is 31.7 Å². The van der Waals surface area contributed by atoms with Crippen molar-refractivity contribution in [3.63, 3.8) is 0 Å². The average Bonchev–Trinajstić information content (AvgIpc) is 1.68. The van der Waals surface area contributed by atoms with Gasteiger partial charge >= 0.3 is 5.97 Å². The van der Waals surface area contributed by atoms with Gasteiger partial charge in [-0.2, -0.15) is 0 Å². The molecular weight excluding hydrogens is 1820 g/mol. The summed E-state index contributed by atoms with van der Waals surface area (Å²) in [5, 5.41) is 84.9. The Balaban J connectivity index is 2.45. The van der Waals surface area contributed by atoms with Crippen LogP contribution in [0.1, 0.15) is 254 Å². The highest BCUT2D eigenvalue weighted by Gasteiger charge is 2.44. The lowest BCUT2D eigenvalue weighted by Crippen LogP contribution is -2.62. The van der Waals surface area contributed by atoms with Crippen molar-refractivity contribution in [1.29, 1.82) is 0 Å². The Bertz CT molecular complexity index is 4220. The van der Waals surface area contributed by atoms with E-state index in [4.69, 9.17) is 21.9 Å². The van der Waals surface area contributed by atoms with Crippen LogP contribution in [0.3, 0.4) is 0 Å². The van der Waals surface area contributed by atoms with Crippen molar-refractivity contribution in [2.45, 2.75) is 363 Å². The average molecular weight is 1990 g/mol. The van der Waals surface area contributed by atoms with E-state index in [2.05, 4.69) is 90.4 Å². The molecule has 2 aliphatic rings. The maximum absolute atomic E-state index is 14.7. The number of likely N-dealkylation sites (tertiary alicyclic amines) is 1. The molecule has 0 aromatic rings. The van der Waals surface area contributed by atoms with Crippen LogP contribution in [0.4, 0.5) is 0 Å². The first-order valence-electron chi connectivity index (χ1n) is 48.9. The van der Waals surface area contributed by atoms with Crippen LogP contribution in [0.15, 0.2) is 23.5 Å². The molecule has 1 unspecified atom stereocenters. The third kappa shape index (κ3) is 43.0. The Labute approximate surface area is 821 Å². The Morgan fingerprint density at radius 1 is 0.457 bits per heavy atom. The van der Waals surface area contributed by atoms with Crippen molar-refractivity contribution in [2.75, 3.05) is 39.5 Å². The zero-order valence-corrected chi connectivity index (χ0v) is 85.2. The number of amides is 19. The third-order valence-electron chi connectivity index (χ3n) is 23.3. The number of rotatable bonds is 57. The maximum atomic E-state index is 14.7. The first-order chi connectivity index (χ1) is 65.7. The number of unbranched alkanes of at least 4 members (excludes halogenated alkanes) is 3. The van der Waals surface area contributed by atoms with Gasteiger partial charge in [-0.1, -0.05) is 149 Å². The van der Waals surface area contributed by atoms with Crippen LogP contribution in [-0.2, 0) is 101 Å². The Morgan fingerprint density at radius 2 is 0.871 bits per heavy atom. The number of primary amides is 1. The minimum atomic E-state index is -1.89. The third-order valence-corrected chi connectivity index (χ3v) is 23.3. The number of hydrogen-bond acceptors (Lipinski definition) is 27. The van der Waals surface area contributed by atoms with Crippen LogP contribution in [-0.4, -0.2) is 292 Å². The molecule has 0 radical (unpaired) electrons. The second-order valence-electron chi connectivity index (χ2n) is 38.8. The zero-order chi connectivity index (χ0) is 106. The molecule has 2 fully saturated rings. The number of hydrogen-bond donors (Lipinski definition) is 24. The monoisotopic (exact) mass is 1990 g/mol. The van der Waals surface area contributed by atoms with Gasteiger partial charge in [-0.25, -0.2) is 4.79 Å². The van der Waals surface area contributed by atoms with Crippen LogP contribution in [0, 0.1) is 47.3 Å². The van der Waals surface area contributed by atoms with Crippen molar-refractivity contribution in [3.05, 3.63) is 23.5 Å². The molecule has 2 aliphatic heterocycles. The molecule has 27 N–H and O–H groups in total. The molecule has 0 bridgehead atoms. The quantitative estimate of drug-likeness (QED) is 0.0159. The summed E-state index contributed by atoms with van der Waals surface area (Å²) in [6.07, 6.45) is 1.95. The number of ether oxygens (including phenoxy) is 1. The molecule has 140 heavy (non-hydrogen) atoms. The smallest absolute Gasteiger partial charge is 0.328 e. The molecular formula is C94H163N21O25. The number of carbonyl (C=O) groups is 20. The summed E-state index contributed by atoms with van der Waals surface area (Å²) in [6, 6.07) is -24.2. The van der Waals surface area contributed by atoms with Gasteiger partial charge in [0, 0.05) is 19.6 Å². The van der Waals surface area contributed by atoms with Gasteiger partial charge in [0.05, 0.1) is 25.7 Å². The SMILES string of the molecule is C/C=C(\NC(=O)[C@H](NC(=O)[C@H](CC(C)C)NC(=O)[C@@H](CCC(N)=O)NC(=O)[C@H](NC(=O)[C@H](NC(=O)[C@@H](CC(C)C)NC(=O)[C@@H](CO)NC(=O)[C@H](NC(=O)[C@@H](CC(C)C)NC(=O)[C@@H](CO)NC(=O)[C@@H]1CCCN1C(=O)/C(=C/C)NC(=O)CC(O)CCCCC)C(C)C)C(C)C)C(C)C)C(C)C)C(=O)N[C@H]1C(=O)N[C@@H](CC(C)C)C(=O)N[C@@H](CCO)C(=O)N[C@H](CCN)C(=O)N[C@@H](CCCCN)C(=O)O[C@@H]1C. The number of aliphatic hydroxyl groups is 4. The number of carbonyl (C=O) groups excluding carboxylic acids is 20.